The van der Waals surface area contributed by atoms with E-state index >= 15 is 0 Å². The van der Waals surface area contributed by atoms with E-state index in [1.807, 2.05) is 6.92 Å². The molecule has 0 unspecified atom stereocenters. The van der Waals surface area contributed by atoms with Crippen molar-refractivity contribution in [2.75, 3.05) is 16.7 Å². The Morgan fingerprint density at radius 1 is 0.931 bits per heavy atom. The Kier molecular flexibility index (Phi) is 5.65. The van der Waals surface area contributed by atoms with Crippen LogP contribution in [0.1, 0.15) is 15.9 Å². The number of sulfonamides is 1. The number of hydrogen-bond donors (Lipinski definition) is 1. The second-order valence-corrected chi connectivity index (χ2v) is 8.36. The molecule has 3 rings (SSSR count). The van der Waals surface area contributed by atoms with Gasteiger partial charge in [-0.1, -0.05) is 29.8 Å². The van der Waals surface area contributed by atoms with Crippen LogP contribution in [0, 0.1) is 18.6 Å². The Morgan fingerprint density at radius 3 is 2.14 bits per heavy atom. The van der Waals surface area contributed by atoms with Crippen LogP contribution in [0.2, 0.25) is 0 Å². The van der Waals surface area contributed by atoms with Gasteiger partial charge in [-0.25, -0.2) is 17.2 Å². The molecular formula is C21H18F2N2O3S. The lowest BCUT2D eigenvalue weighted by atomic mass is 10.2. The van der Waals surface area contributed by atoms with Crippen molar-refractivity contribution >= 4 is 27.3 Å². The number of halogens is 2. The van der Waals surface area contributed by atoms with Gasteiger partial charge in [-0.15, -0.1) is 0 Å². The quantitative estimate of drug-likeness (QED) is 0.672. The van der Waals surface area contributed by atoms with Gasteiger partial charge in [0, 0.05) is 12.6 Å². The van der Waals surface area contributed by atoms with Crippen molar-refractivity contribution in [2.45, 2.75) is 11.8 Å². The second kappa shape index (κ2) is 8.00. The molecule has 0 atom stereocenters. The van der Waals surface area contributed by atoms with E-state index < -0.39 is 33.3 Å². The van der Waals surface area contributed by atoms with E-state index in [-0.39, 0.29) is 16.1 Å². The molecule has 1 amide bonds. The highest BCUT2D eigenvalue weighted by atomic mass is 32.2. The SMILES string of the molecule is Cc1ccc(S(=O)(=O)N(C)c2cccc(C(=O)Nc3c(F)cccc3F)c2)cc1. The first-order chi connectivity index (χ1) is 13.7. The summed E-state index contributed by atoms with van der Waals surface area (Å²) in [5.41, 5.74) is 0.637. The monoisotopic (exact) mass is 416 g/mol. The zero-order chi connectivity index (χ0) is 21.2. The van der Waals surface area contributed by atoms with Crippen LogP contribution in [0.3, 0.4) is 0 Å². The summed E-state index contributed by atoms with van der Waals surface area (Å²) in [4.78, 5) is 12.5. The largest absolute Gasteiger partial charge is 0.317 e. The summed E-state index contributed by atoms with van der Waals surface area (Å²) in [6, 6.07) is 15.4. The Morgan fingerprint density at radius 2 is 1.52 bits per heavy atom. The standard InChI is InChI=1S/C21H18F2N2O3S/c1-14-9-11-17(12-10-14)29(27,28)25(2)16-6-3-5-15(13-16)21(26)24-20-18(22)7-4-8-19(20)23/h3-13H,1-2H3,(H,24,26). The third kappa shape index (κ3) is 4.27. The smallest absolute Gasteiger partial charge is 0.264 e. The maximum absolute atomic E-state index is 13.8. The number of anilines is 2. The summed E-state index contributed by atoms with van der Waals surface area (Å²) >= 11 is 0. The van der Waals surface area contributed by atoms with Crippen molar-refractivity contribution in [2.24, 2.45) is 0 Å². The predicted molar refractivity (Wildman–Crippen MR) is 108 cm³/mol. The third-order valence-electron chi connectivity index (χ3n) is 4.35. The van der Waals surface area contributed by atoms with E-state index in [0.29, 0.717) is 0 Å². The van der Waals surface area contributed by atoms with Gasteiger partial charge in [0.05, 0.1) is 10.6 Å². The lowest BCUT2D eigenvalue weighted by molar-refractivity contribution is 0.102. The lowest BCUT2D eigenvalue weighted by Crippen LogP contribution is -2.27. The molecule has 0 aliphatic heterocycles. The van der Waals surface area contributed by atoms with Crippen LogP contribution in [0.5, 0.6) is 0 Å². The highest BCUT2D eigenvalue weighted by Gasteiger charge is 2.22. The van der Waals surface area contributed by atoms with Gasteiger partial charge in [-0.2, -0.15) is 0 Å². The summed E-state index contributed by atoms with van der Waals surface area (Å²) in [6.45, 7) is 1.85. The molecule has 0 bridgehead atoms. The first-order valence-corrected chi connectivity index (χ1v) is 10.0. The molecule has 3 aromatic carbocycles. The van der Waals surface area contributed by atoms with Crippen LogP contribution in [0.15, 0.2) is 71.6 Å². The van der Waals surface area contributed by atoms with Crippen LogP contribution in [0.25, 0.3) is 0 Å². The summed E-state index contributed by atoms with van der Waals surface area (Å²) < 4.78 is 54.2. The number of hydrogen-bond acceptors (Lipinski definition) is 3. The maximum atomic E-state index is 13.8. The minimum atomic E-state index is -3.84. The number of carbonyl (C=O) groups excluding carboxylic acids is 1. The number of nitrogens with one attached hydrogen (secondary N) is 1. The van der Waals surface area contributed by atoms with Gasteiger partial charge in [0.25, 0.3) is 15.9 Å². The van der Waals surface area contributed by atoms with E-state index in [1.165, 1.54) is 49.5 Å². The fourth-order valence-electron chi connectivity index (χ4n) is 2.65. The molecule has 29 heavy (non-hydrogen) atoms. The van der Waals surface area contributed by atoms with Crippen molar-refractivity contribution in [1.82, 2.24) is 0 Å². The molecule has 5 nitrogen and oxygen atoms in total. The normalized spacial score (nSPS) is 11.2. The molecule has 150 valence electrons. The summed E-state index contributed by atoms with van der Waals surface area (Å²) in [7, 11) is -2.48. The van der Waals surface area contributed by atoms with Gasteiger partial charge in [0.1, 0.15) is 17.3 Å². The van der Waals surface area contributed by atoms with Crippen LogP contribution in [0.4, 0.5) is 20.2 Å². The Bertz CT molecular complexity index is 1140. The first kappa shape index (κ1) is 20.5. The summed E-state index contributed by atoms with van der Waals surface area (Å²) in [6.07, 6.45) is 0. The molecule has 0 spiro atoms. The number of carbonyl (C=O) groups is 1. The van der Waals surface area contributed by atoms with Gasteiger partial charge in [-0.3, -0.25) is 9.10 Å². The minimum Gasteiger partial charge on any atom is -0.317 e. The Hall–Kier alpha value is -3.26. The van der Waals surface area contributed by atoms with Gasteiger partial charge in [0.15, 0.2) is 0 Å². The number of nitrogens with zero attached hydrogens (tertiary/aromatic N) is 1. The van der Waals surface area contributed by atoms with Crippen molar-refractivity contribution in [1.29, 1.82) is 0 Å². The van der Waals surface area contributed by atoms with Crippen molar-refractivity contribution in [3.63, 3.8) is 0 Å². The number of aryl methyl sites for hydroxylation is 1. The topological polar surface area (TPSA) is 66.5 Å². The number of benzene rings is 3. The van der Waals surface area contributed by atoms with E-state index in [0.717, 1.165) is 22.0 Å². The van der Waals surface area contributed by atoms with Gasteiger partial charge < -0.3 is 5.32 Å². The third-order valence-corrected chi connectivity index (χ3v) is 6.15. The van der Waals surface area contributed by atoms with Crippen molar-refractivity contribution in [3.05, 3.63) is 89.5 Å². The summed E-state index contributed by atoms with van der Waals surface area (Å²) in [5.74, 6) is -2.58. The zero-order valence-corrected chi connectivity index (χ0v) is 16.5. The molecule has 0 radical (unpaired) electrons. The van der Waals surface area contributed by atoms with Crippen LogP contribution < -0.4 is 9.62 Å². The van der Waals surface area contributed by atoms with Gasteiger partial charge >= 0.3 is 0 Å². The number of rotatable bonds is 5. The molecule has 3 aromatic rings. The van der Waals surface area contributed by atoms with Crippen LogP contribution in [-0.2, 0) is 10.0 Å². The molecule has 0 aromatic heterocycles. The average Bonchev–Trinajstić information content (AvgIpc) is 2.70. The zero-order valence-electron chi connectivity index (χ0n) is 15.7. The number of amides is 1. The van der Waals surface area contributed by atoms with Crippen LogP contribution >= 0.6 is 0 Å². The van der Waals surface area contributed by atoms with Crippen LogP contribution in [-0.4, -0.2) is 21.4 Å². The van der Waals surface area contributed by atoms with Crippen molar-refractivity contribution < 1.29 is 22.0 Å². The van der Waals surface area contributed by atoms with Gasteiger partial charge in [-0.05, 0) is 49.4 Å². The molecular weight excluding hydrogens is 398 g/mol. The average molecular weight is 416 g/mol. The molecule has 0 fully saturated rings. The van der Waals surface area contributed by atoms with E-state index in [9.17, 15) is 22.0 Å². The van der Waals surface area contributed by atoms with E-state index in [1.54, 1.807) is 12.1 Å². The lowest BCUT2D eigenvalue weighted by Gasteiger charge is -2.20. The molecule has 0 aliphatic carbocycles. The van der Waals surface area contributed by atoms with E-state index in [2.05, 4.69) is 5.32 Å². The second-order valence-electron chi connectivity index (χ2n) is 6.39. The highest BCUT2D eigenvalue weighted by Crippen LogP contribution is 2.24. The molecule has 1 N–H and O–H groups in total. The maximum Gasteiger partial charge on any atom is 0.264 e. The Labute approximate surface area is 167 Å². The molecule has 0 aliphatic rings. The van der Waals surface area contributed by atoms with Crippen molar-refractivity contribution in [3.8, 4) is 0 Å². The molecule has 0 heterocycles. The molecule has 8 heteroatoms. The first-order valence-electron chi connectivity index (χ1n) is 8.61. The fraction of sp³-hybridized carbons (Fsp3) is 0.0952. The van der Waals surface area contributed by atoms with E-state index in [4.69, 9.17) is 0 Å². The highest BCUT2D eigenvalue weighted by molar-refractivity contribution is 7.92. The number of para-hydroxylation sites is 1. The van der Waals surface area contributed by atoms with Gasteiger partial charge in [0.2, 0.25) is 0 Å². The molecule has 0 saturated carbocycles. The predicted octanol–water partition coefficient (Wildman–Crippen LogP) is 4.35. The fourth-order valence-corrected chi connectivity index (χ4v) is 3.84. The Balaban J connectivity index is 1.89. The summed E-state index contributed by atoms with van der Waals surface area (Å²) in [5, 5.41) is 2.18. The minimum absolute atomic E-state index is 0.0520. The molecule has 0 saturated heterocycles.